The quantitative estimate of drug-likeness (QED) is 0.788. The summed E-state index contributed by atoms with van der Waals surface area (Å²) in [7, 11) is 0. The van der Waals surface area contributed by atoms with E-state index in [1.165, 1.54) is 0 Å². The van der Waals surface area contributed by atoms with Gasteiger partial charge in [-0.3, -0.25) is 4.79 Å². The molecule has 1 unspecified atom stereocenters. The number of aryl methyl sites for hydroxylation is 1. The molecule has 3 N–H and O–H groups in total. The molecule has 0 saturated heterocycles. The fourth-order valence-corrected chi connectivity index (χ4v) is 2.14. The van der Waals surface area contributed by atoms with Crippen molar-refractivity contribution in [3.8, 4) is 5.75 Å². The van der Waals surface area contributed by atoms with E-state index in [0.29, 0.717) is 0 Å². The zero-order chi connectivity index (χ0) is 15.2. The molecule has 0 aliphatic rings. The van der Waals surface area contributed by atoms with Crippen molar-refractivity contribution in [2.45, 2.75) is 19.4 Å². The average Bonchev–Trinajstić information content (AvgIpc) is 2.48. The number of rotatable bonds is 5. The Morgan fingerprint density at radius 3 is 2.48 bits per heavy atom. The first-order valence-electron chi connectivity index (χ1n) is 6.84. The number of nitrogens with one attached hydrogen (secondary N) is 1. The highest BCUT2D eigenvalue weighted by molar-refractivity contribution is 5.78. The summed E-state index contributed by atoms with van der Waals surface area (Å²) in [5.74, 6) is 0.0162. The molecule has 0 aliphatic carbocycles. The van der Waals surface area contributed by atoms with Crippen molar-refractivity contribution in [3.05, 3.63) is 65.2 Å². The standard InChI is InChI=1S/C17H19NO3/c1-12-4-2-3-5-15(12)16(20)11-18-17(21)10-13-6-8-14(19)9-7-13/h2-9,16,19-20H,10-11H2,1H3,(H,18,21). The van der Waals surface area contributed by atoms with E-state index in [-0.39, 0.29) is 24.6 Å². The number of hydrogen-bond donors (Lipinski definition) is 3. The third-order valence-corrected chi connectivity index (χ3v) is 3.34. The van der Waals surface area contributed by atoms with Crippen molar-refractivity contribution in [1.82, 2.24) is 5.32 Å². The maximum Gasteiger partial charge on any atom is 0.224 e. The van der Waals surface area contributed by atoms with Gasteiger partial charge in [0.25, 0.3) is 0 Å². The largest absolute Gasteiger partial charge is 0.508 e. The van der Waals surface area contributed by atoms with Gasteiger partial charge in [-0.05, 0) is 35.7 Å². The van der Waals surface area contributed by atoms with Crippen molar-refractivity contribution in [2.24, 2.45) is 0 Å². The molecule has 21 heavy (non-hydrogen) atoms. The topological polar surface area (TPSA) is 69.6 Å². The van der Waals surface area contributed by atoms with Gasteiger partial charge in [0.1, 0.15) is 5.75 Å². The predicted octanol–water partition coefficient (Wildman–Crippen LogP) is 2.09. The van der Waals surface area contributed by atoms with Crippen LogP contribution in [-0.4, -0.2) is 22.7 Å². The number of benzene rings is 2. The normalized spacial score (nSPS) is 11.9. The van der Waals surface area contributed by atoms with Crippen LogP contribution in [0, 0.1) is 6.92 Å². The van der Waals surface area contributed by atoms with Crippen LogP contribution in [0.15, 0.2) is 48.5 Å². The number of aliphatic hydroxyl groups excluding tert-OH is 1. The Balaban J connectivity index is 1.86. The maximum absolute atomic E-state index is 11.8. The van der Waals surface area contributed by atoms with E-state index in [9.17, 15) is 15.0 Å². The van der Waals surface area contributed by atoms with Gasteiger partial charge in [-0.2, -0.15) is 0 Å². The lowest BCUT2D eigenvalue weighted by Crippen LogP contribution is -2.29. The third kappa shape index (κ3) is 4.33. The highest BCUT2D eigenvalue weighted by Crippen LogP contribution is 2.16. The lowest BCUT2D eigenvalue weighted by molar-refractivity contribution is -0.120. The predicted molar refractivity (Wildman–Crippen MR) is 81.0 cm³/mol. The van der Waals surface area contributed by atoms with Crippen LogP contribution in [0.2, 0.25) is 0 Å². The lowest BCUT2D eigenvalue weighted by Gasteiger charge is -2.14. The van der Waals surface area contributed by atoms with Crippen LogP contribution < -0.4 is 5.32 Å². The van der Waals surface area contributed by atoms with Gasteiger partial charge in [-0.25, -0.2) is 0 Å². The Morgan fingerprint density at radius 1 is 1.14 bits per heavy atom. The molecule has 0 aliphatic heterocycles. The summed E-state index contributed by atoms with van der Waals surface area (Å²) in [6, 6.07) is 14.1. The number of phenols is 1. The summed E-state index contributed by atoms with van der Waals surface area (Å²) in [6.07, 6.45) is -0.490. The number of carbonyl (C=O) groups is 1. The fraction of sp³-hybridized carbons (Fsp3) is 0.235. The minimum atomic E-state index is -0.713. The average molecular weight is 285 g/mol. The first kappa shape index (κ1) is 15.1. The molecule has 0 radical (unpaired) electrons. The van der Waals surface area contributed by atoms with Crippen LogP contribution in [0.5, 0.6) is 5.75 Å². The highest BCUT2D eigenvalue weighted by Gasteiger charge is 2.11. The van der Waals surface area contributed by atoms with Crippen molar-refractivity contribution >= 4 is 5.91 Å². The van der Waals surface area contributed by atoms with E-state index in [4.69, 9.17) is 0 Å². The Labute approximate surface area is 124 Å². The van der Waals surface area contributed by atoms with Gasteiger partial charge in [-0.1, -0.05) is 36.4 Å². The van der Waals surface area contributed by atoms with Gasteiger partial charge in [0.05, 0.1) is 12.5 Å². The minimum absolute atomic E-state index is 0.159. The monoisotopic (exact) mass is 285 g/mol. The number of carbonyl (C=O) groups excluding carboxylic acids is 1. The van der Waals surface area contributed by atoms with E-state index >= 15 is 0 Å². The second-order valence-corrected chi connectivity index (χ2v) is 5.02. The number of phenolic OH excluding ortho intramolecular Hbond substituents is 1. The summed E-state index contributed by atoms with van der Waals surface area (Å²) in [6.45, 7) is 2.11. The lowest BCUT2D eigenvalue weighted by atomic mass is 10.0. The molecule has 110 valence electrons. The maximum atomic E-state index is 11.8. The van der Waals surface area contributed by atoms with Crippen LogP contribution in [0.3, 0.4) is 0 Å². The van der Waals surface area contributed by atoms with Gasteiger partial charge in [-0.15, -0.1) is 0 Å². The smallest absolute Gasteiger partial charge is 0.224 e. The zero-order valence-electron chi connectivity index (χ0n) is 11.9. The summed E-state index contributed by atoms with van der Waals surface area (Å²) >= 11 is 0. The van der Waals surface area contributed by atoms with E-state index in [2.05, 4.69) is 5.32 Å². The molecular weight excluding hydrogens is 266 g/mol. The fourth-order valence-electron chi connectivity index (χ4n) is 2.14. The minimum Gasteiger partial charge on any atom is -0.508 e. The molecule has 2 aromatic carbocycles. The Kier molecular flexibility index (Phi) is 4.95. The molecule has 0 saturated carbocycles. The molecule has 1 amide bonds. The van der Waals surface area contributed by atoms with Crippen molar-refractivity contribution in [3.63, 3.8) is 0 Å². The van der Waals surface area contributed by atoms with Gasteiger partial charge in [0.15, 0.2) is 0 Å². The molecule has 2 rings (SSSR count). The second kappa shape index (κ2) is 6.90. The van der Waals surface area contributed by atoms with Crippen LogP contribution in [0.1, 0.15) is 22.8 Å². The van der Waals surface area contributed by atoms with Gasteiger partial charge in [0.2, 0.25) is 5.91 Å². The first-order valence-corrected chi connectivity index (χ1v) is 6.84. The van der Waals surface area contributed by atoms with E-state index < -0.39 is 6.10 Å². The van der Waals surface area contributed by atoms with E-state index in [1.54, 1.807) is 24.3 Å². The molecule has 0 spiro atoms. The Bertz CT molecular complexity index is 608. The van der Waals surface area contributed by atoms with Crippen LogP contribution in [0.25, 0.3) is 0 Å². The molecule has 0 aromatic heterocycles. The first-order chi connectivity index (χ1) is 10.1. The molecule has 4 heteroatoms. The number of aromatic hydroxyl groups is 1. The van der Waals surface area contributed by atoms with Crippen LogP contribution >= 0.6 is 0 Å². The number of aliphatic hydroxyl groups is 1. The highest BCUT2D eigenvalue weighted by atomic mass is 16.3. The van der Waals surface area contributed by atoms with Gasteiger partial charge in [0, 0.05) is 6.54 Å². The number of hydrogen-bond acceptors (Lipinski definition) is 3. The van der Waals surface area contributed by atoms with Gasteiger partial charge >= 0.3 is 0 Å². The third-order valence-electron chi connectivity index (χ3n) is 3.34. The van der Waals surface area contributed by atoms with Crippen molar-refractivity contribution in [1.29, 1.82) is 0 Å². The molecule has 2 aromatic rings. The summed E-state index contributed by atoms with van der Waals surface area (Å²) in [5.41, 5.74) is 2.64. The van der Waals surface area contributed by atoms with Crippen LogP contribution in [0.4, 0.5) is 0 Å². The van der Waals surface area contributed by atoms with Crippen molar-refractivity contribution in [2.75, 3.05) is 6.54 Å². The summed E-state index contributed by atoms with van der Waals surface area (Å²) < 4.78 is 0. The van der Waals surface area contributed by atoms with Crippen molar-refractivity contribution < 1.29 is 15.0 Å². The molecule has 0 fully saturated rings. The molecule has 4 nitrogen and oxygen atoms in total. The van der Waals surface area contributed by atoms with Gasteiger partial charge < -0.3 is 15.5 Å². The zero-order valence-corrected chi connectivity index (χ0v) is 11.9. The molecule has 0 bridgehead atoms. The van der Waals surface area contributed by atoms with E-state index in [0.717, 1.165) is 16.7 Å². The SMILES string of the molecule is Cc1ccccc1C(O)CNC(=O)Cc1ccc(O)cc1. The summed E-state index contributed by atoms with van der Waals surface area (Å²) in [5, 5.41) is 22.0. The van der Waals surface area contributed by atoms with E-state index in [1.807, 2.05) is 31.2 Å². The van der Waals surface area contributed by atoms with Crippen LogP contribution in [-0.2, 0) is 11.2 Å². The molecular formula is C17H19NO3. The second-order valence-electron chi connectivity index (χ2n) is 5.02. The molecule has 1 atom stereocenters. The Hall–Kier alpha value is -2.33. The Morgan fingerprint density at radius 2 is 1.81 bits per heavy atom. The number of amides is 1. The molecule has 0 heterocycles. The summed E-state index contributed by atoms with van der Waals surface area (Å²) in [4.78, 5) is 11.8.